The normalized spacial score (nSPS) is 12.1. The minimum atomic E-state index is -0.816. The SMILES string of the molecule is CCOC(=O)C=C(O)C(O)=CC(=O)OCC. The smallest absolute Gasteiger partial charge is 0.334 e. The van der Waals surface area contributed by atoms with E-state index in [4.69, 9.17) is 10.2 Å². The number of aliphatic hydroxyl groups excluding tert-OH is 2. The molecule has 0 fully saturated rings. The van der Waals surface area contributed by atoms with E-state index in [1.54, 1.807) is 13.8 Å². The van der Waals surface area contributed by atoms with Gasteiger partial charge in [-0.15, -0.1) is 0 Å². The summed E-state index contributed by atoms with van der Waals surface area (Å²) >= 11 is 0. The summed E-state index contributed by atoms with van der Waals surface area (Å²) in [6, 6.07) is 0. The Morgan fingerprint density at radius 3 is 1.50 bits per heavy atom. The van der Waals surface area contributed by atoms with Gasteiger partial charge in [-0.25, -0.2) is 9.59 Å². The molecule has 0 aliphatic rings. The van der Waals surface area contributed by atoms with Crippen molar-refractivity contribution in [3.63, 3.8) is 0 Å². The van der Waals surface area contributed by atoms with E-state index >= 15 is 0 Å². The molecule has 0 atom stereocenters. The van der Waals surface area contributed by atoms with Gasteiger partial charge in [-0.3, -0.25) is 0 Å². The number of ether oxygens (including phenoxy) is 2. The van der Waals surface area contributed by atoms with Crippen LogP contribution in [0, 0.1) is 0 Å². The molecule has 2 N–H and O–H groups in total. The van der Waals surface area contributed by atoms with E-state index in [0.29, 0.717) is 12.2 Å². The zero-order valence-corrected chi connectivity index (χ0v) is 9.10. The number of hydrogen-bond acceptors (Lipinski definition) is 6. The van der Waals surface area contributed by atoms with E-state index in [9.17, 15) is 9.59 Å². The Bertz CT molecular complexity index is 283. The summed E-state index contributed by atoms with van der Waals surface area (Å²) in [6.07, 6.45) is 1.32. The fourth-order valence-electron chi connectivity index (χ4n) is 0.739. The van der Waals surface area contributed by atoms with E-state index in [2.05, 4.69) is 9.47 Å². The van der Waals surface area contributed by atoms with Crippen molar-refractivity contribution in [2.75, 3.05) is 13.2 Å². The van der Waals surface area contributed by atoms with Gasteiger partial charge in [0.25, 0.3) is 0 Å². The monoisotopic (exact) mass is 230 g/mol. The molecule has 0 unspecified atom stereocenters. The average Bonchev–Trinajstić information content (AvgIpc) is 2.17. The zero-order valence-electron chi connectivity index (χ0n) is 9.10. The maximum absolute atomic E-state index is 10.9. The highest BCUT2D eigenvalue weighted by Crippen LogP contribution is 2.03. The van der Waals surface area contributed by atoms with Gasteiger partial charge in [0.2, 0.25) is 0 Å². The van der Waals surface area contributed by atoms with Crippen LogP contribution in [0.2, 0.25) is 0 Å². The molecular formula is C10H14O6. The van der Waals surface area contributed by atoms with Crippen molar-refractivity contribution in [2.45, 2.75) is 13.8 Å². The largest absolute Gasteiger partial charge is 0.504 e. The maximum atomic E-state index is 10.9. The molecule has 0 spiro atoms. The molecule has 0 aromatic heterocycles. The lowest BCUT2D eigenvalue weighted by Crippen LogP contribution is -2.05. The van der Waals surface area contributed by atoms with E-state index in [-0.39, 0.29) is 13.2 Å². The third-order valence-electron chi connectivity index (χ3n) is 1.34. The predicted molar refractivity (Wildman–Crippen MR) is 54.7 cm³/mol. The highest BCUT2D eigenvalue weighted by Gasteiger charge is 2.07. The van der Waals surface area contributed by atoms with Gasteiger partial charge in [-0.1, -0.05) is 0 Å². The van der Waals surface area contributed by atoms with E-state index in [0.717, 1.165) is 0 Å². The van der Waals surface area contributed by atoms with Crippen LogP contribution in [0.3, 0.4) is 0 Å². The van der Waals surface area contributed by atoms with Crippen LogP contribution < -0.4 is 0 Å². The summed E-state index contributed by atoms with van der Waals surface area (Å²) < 4.78 is 8.97. The molecule has 6 nitrogen and oxygen atoms in total. The second-order valence-corrected chi connectivity index (χ2v) is 2.56. The van der Waals surface area contributed by atoms with Crippen molar-refractivity contribution in [3.8, 4) is 0 Å². The van der Waals surface area contributed by atoms with Crippen LogP contribution in [0.15, 0.2) is 23.7 Å². The lowest BCUT2D eigenvalue weighted by molar-refractivity contribution is -0.138. The quantitative estimate of drug-likeness (QED) is 0.317. The van der Waals surface area contributed by atoms with Crippen LogP contribution in [0.25, 0.3) is 0 Å². The second-order valence-electron chi connectivity index (χ2n) is 2.56. The molecular weight excluding hydrogens is 216 g/mol. The molecule has 0 amide bonds. The molecule has 0 rings (SSSR count). The Labute approximate surface area is 92.8 Å². The summed E-state index contributed by atoms with van der Waals surface area (Å²) in [5, 5.41) is 18.3. The molecule has 0 bridgehead atoms. The number of aliphatic hydroxyl groups is 2. The molecule has 16 heavy (non-hydrogen) atoms. The maximum Gasteiger partial charge on any atom is 0.334 e. The molecule has 90 valence electrons. The first-order chi connectivity index (χ1) is 7.51. The Balaban J connectivity index is 4.53. The van der Waals surface area contributed by atoms with Crippen LogP contribution in [0.5, 0.6) is 0 Å². The van der Waals surface area contributed by atoms with Gasteiger partial charge >= 0.3 is 11.9 Å². The first-order valence-electron chi connectivity index (χ1n) is 4.66. The summed E-state index contributed by atoms with van der Waals surface area (Å²) in [7, 11) is 0. The van der Waals surface area contributed by atoms with E-state index in [1.807, 2.05) is 0 Å². The molecule has 0 radical (unpaired) electrons. The molecule has 0 saturated heterocycles. The van der Waals surface area contributed by atoms with E-state index in [1.165, 1.54) is 0 Å². The summed E-state index contributed by atoms with van der Waals surface area (Å²) in [5.74, 6) is -3.15. The third-order valence-corrected chi connectivity index (χ3v) is 1.34. The zero-order chi connectivity index (χ0) is 12.6. The van der Waals surface area contributed by atoms with Crippen LogP contribution in [0.4, 0.5) is 0 Å². The van der Waals surface area contributed by atoms with Crippen molar-refractivity contribution < 1.29 is 29.3 Å². The lowest BCUT2D eigenvalue weighted by Gasteiger charge is -2.00. The van der Waals surface area contributed by atoms with Gasteiger partial charge < -0.3 is 19.7 Å². The van der Waals surface area contributed by atoms with Gasteiger partial charge in [-0.2, -0.15) is 0 Å². The molecule has 0 aliphatic heterocycles. The Hall–Kier alpha value is -1.98. The minimum Gasteiger partial charge on any atom is -0.504 e. The second kappa shape index (κ2) is 7.33. The van der Waals surface area contributed by atoms with Gasteiger partial charge in [0.15, 0.2) is 11.5 Å². The van der Waals surface area contributed by atoms with Gasteiger partial charge in [0, 0.05) is 0 Å². The molecule has 0 saturated carbocycles. The summed E-state index contributed by atoms with van der Waals surface area (Å²) in [6.45, 7) is 3.48. The van der Waals surface area contributed by atoms with Crippen LogP contribution in [0.1, 0.15) is 13.8 Å². The first kappa shape index (κ1) is 14.0. The standard InChI is InChI=1S/C10H14O6/c1-3-15-9(13)5-7(11)8(12)6-10(14)16-4-2/h5-6,11-12H,3-4H2,1-2H3. The predicted octanol–water partition coefficient (Wildman–Crippen LogP) is 0.996. The van der Waals surface area contributed by atoms with Crippen molar-refractivity contribution in [1.29, 1.82) is 0 Å². The van der Waals surface area contributed by atoms with Crippen molar-refractivity contribution >= 4 is 11.9 Å². The fourth-order valence-corrected chi connectivity index (χ4v) is 0.739. The van der Waals surface area contributed by atoms with Crippen molar-refractivity contribution in [2.24, 2.45) is 0 Å². The number of carbonyl (C=O) groups excluding carboxylic acids is 2. The highest BCUT2D eigenvalue weighted by atomic mass is 16.5. The first-order valence-corrected chi connectivity index (χ1v) is 4.66. The van der Waals surface area contributed by atoms with E-state index < -0.39 is 23.5 Å². The third kappa shape index (κ3) is 5.69. The van der Waals surface area contributed by atoms with Crippen LogP contribution >= 0.6 is 0 Å². The topological polar surface area (TPSA) is 93.1 Å². The van der Waals surface area contributed by atoms with Gasteiger partial charge in [0.1, 0.15) is 0 Å². The van der Waals surface area contributed by atoms with Gasteiger partial charge in [0.05, 0.1) is 25.4 Å². The number of esters is 2. The Morgan fingerprint density at radius 2 is 1.25 bits per heavy atom. The summed E-state index contributed by atoms with van der Waals surface area (Å²) in [4.78, 5) is 21.7. The Morgan fingerprint density at radius 1 is 0.938 bits per heavy atom. The van der Waals surface area contributed by atoms with Crippen molar-refractivity contribution in [3.05, 3.63) is 23.7 Å². The number of hydrogen-bond donors (Lipinski definition) is 2. The minimum absolute atomic E-state index is 0.144. The fraction of sp³-hybridized carbons (Fsp3) is 0.400. The average molecular weight is 230 g/mol. The van der Waals surface area contributed by atoms with Crippen molar-refractivity contribution in [1.82, 2.24) is 0 Å². The van der Waals surface area contributed by atoms with Gasteiger partial charge in [-0.05, 0) is 13.8 Å². The molecule has 0 aliphatic carbocycles. The highest BCUT2D eigenvalue weighted by molar-refractivity contribution is 5.85. The lowest BCUT2D eigenvalue weighted by atomic mass is 10.3. The molecule has 0 aromatic carbocycles. The molecule has 0 heterocycles. The number of rotatable bonds is 5. The number of carbonyl (C=O) groups is 2. The molecule has 6 heteroatoms. The van der Waals surface area contributed by atoms with Crippen LogP contribution in [-0.2, 0) is 19.1 Å². The molecule has 0 aromatic rings. The summed E-state index contributed by atoms with van der Waals surface area (Å²) in [5.41, 5.74) is 0. The Kier molecular flexibility index (Phi) is 6.42. The van der Waals surface area contributed by atoms with Crippen LogP contribution in [-0.4, -0.2) is 35.4 Å².